The quantitative estimate of drug-likeness (QED) is 0.541. The second-order valence-electron chi connectivity index (χ2n) is 6.71. The zero-order chi connectivity index (χ0) is 21.1. The van der Waals surface area contributed by atoms with E-state index in [2.05, 4.69) is 31.0 Å². The number of aromatic nitrogens is 5. The summed E-state index contributed by atoms with van der Waals surface area (Å²) in [4.78, 5) is 15.7. The number of benzene rings is 1. The average Bonchev–Trinajstić information content (AvgIpc) is 3.39. The number of nitrogens with zero attached hydrogens (tertiary/aromatic N) is 6. The minimum absolute atomic E-state index is 0.189. The smallest absolute Gasteiger partial charge is 0.228 e. The van der Waals surface area contributed by atoms with Gasteiger partial charge in [0.2, 0.25) is 12.8 Å². The van der Waals surface area contributed by atoms with Crippen molar-refractivity contribution in [3.63, 3.8) is 0 Å². The summed E-state index contributed by atoms with van der Waals surface area (Å²) in [5.74, 6) is 1.21. The van der Waals surface area contributed by atoms with Crippen molar-refractivity contribution in [1.82, 2.24) is 29.5 Å². The number of hydrogen-bond donors (Lipinski definition) is 1. The van der Waals surface area contributed by atoms with E-state index in [1.807, 2.05) is 32.2 Å². The van der Waals surface area contributed by atoms with Crippen LogP contribution < -0.4 is 10.5 Å². The molecule has 0 aliphatic carbocycles. The highest BCUT2D eigenvalue weighted by Gasteiger charge is 2.20. The molecule has 0 amide bonds. The molecule has 0 unspecified atom stereocenters. The molecule has 1 aromatic carbocycles. The van der Waals surface area contributed by atoms with Crippen LogP contribution in [0, 0.1) is 0 Å². The lowest BCUT2D eigenvalue weighted by Crippen LogP contribution is -2.20. The Morgan fingerprint density at radius 1 is 1.13 bits per heavy atom. The molecular weight excluding hydrogens is 385 g/mol. The van der Waals surface area contributed by atoms with E-state index in [9.17, 15) is 4.39 Å². The monoisotopic (exact) mass is 409 g/mol. The molecule has 1 aliphatic rings. The van der Waals surface area contributed by atoms with Crippen molar-refractivity contribution in [2.75, 3.05) is 19.1 Å². The molecule has 0 spiro atoms. The molecule has 0 saturated carbocycles. The molecule has 8 nitrogen and oxygen atoms in total. The van der Waals surface area contributed by atoms with Crippen LogP contribution in [0.2, 0.25) is 0 Å². The molecule has 4 heterocycles. The topological polar surface area (TPSA) is 94.5 Å². The van der Waals surface area contributed by atoms with Crippen molar-refractivity contribution < 1.29 is 9.13 Å². The van der Waals surface area contributed by atoms with E-state index in [4.69, 9.17) is 10.5 Å². The fraction of sp³-hybridized carbons (Fsp3) is 0.333. The van der Waals surface area contributed by atoms with Crippen LogP contribution in [0.25, 0.3) is 16.6 Å². The first kappa shape index (κ1) is 20.0. The van der Waals surface area contributed by atoms with Gasteiger partial charge in [-0.2, -0.15) is 4.52 Å². The Labute approximate surface area is 173 Å². The predicted molar refractivity (Wildman–Crippen MR) is 113 cm³/mol. The number of alkyl halides is 1. The second-order valence-corrected chi connectivity index (χ2v) is 6.71. The van der Waals surface area contributed by atoms with Crippen molar-refractivity contribution in [3.05, 3.63) is 53.6 Å². The molecule has 1 aliphatic heterocycles. The number of nitrogen functional groups attached to an aromatic ring is 1. The summed E-state index contributed by atoms with van der Waals surface area (Å²) in [5, 5.41) is 5.23. The number of ether oxygens (including phenoxy) is 1. The summed E-state index contributed by atoms with van der Waals surface area (Å²) in [6.45, 7) is 5.60. The average molecular weight is 409 g/mol. The third-order valence-electron chi connectivity index (χ3n) is 4.95. The van der Waals surface area contributed by atoms with E-state index in [1.165, 1.54) is 10.1 Å². The number of hydrogen-bond acceptors (Lipinski definition) is 7. The van der Waals surface area contributed by atoms with Gasteiger partial charge in [-0.25, -0.2) is 14.4 Å². The molecule has 0 fully saturated rings. The standard InChI is InChI=1S/C19H18FN7O.C2H6/c20-11-28-15-5-1-4-13-17(15)24-19(21)27-18(13)23-16(25-27)6-8-26-9-12-3-2-7-22-14(12)10-26;1-2/h1-5,7H,6,8-11H2,(H2,21,24);1-2H3. The first-order valence-electron chi connectivity index (χ1n) is 10.0. The molecule has 9 heteroatoms. The SMILES string of the molecule is CC.Nc1nc2c(OCF)cccc2c2nc(CCN3Cc4cccnc4C3)nn12. The van der Waals surface area contributed by atoms with E-state index in [0.717, 1.165) is 30.7 Å². The Bertz CT molecular complexity index is 1150. The summed E-state index contributed by atoms with van der Waals surface area (Å²) >= 11 is 0. The van der Waals surface area contributed by atoms with Gasteiger partial charge in [0.25, 0.3) is 0 Å². The number of rotatable bonds is 5. The van der Waals surface area contributed by atoms with Crippen LogP contribution >= 0.6 is 0 Å². The first-order valence-corrected chi connectivity index (χ1v) is 10.0. The third kappa shape index (κ3) is 3.63. The number of pyridine rings is 1. The first-order chi connectivity index (χ1) is 14.7. The second kappa shape index (κ2) is 8.58. The lowest BCUT2D eigenvalue weighted by molar-refractivity contribution is 0.193. The highest BCUT2D eigenvalue weighted by molar-refractivity contribution is 5.95. The Kier molecular flexibility index (Phi) is 5.71. The van der Waals surface area contributed by atoms with E-state index < -0.39 is 6.86 Å². The van der Waals surface area contributed by atoms with Gasteiger partial charge in [0.15, 0.2) is 11.5 Å². The van der Waals surface area contributed by atoms with Crippen molar-refractivity contribution in [2.24, 2.45) is 0 Å². The molecule has 0 bridgehead atoms. The minimum Gasteiger partial charge on any atom is -0.461 e. The van der Waals surface area contributed by atoms with Crippen molar-refractivity contribution in [2.45, 2.75) is 33.4 Å². The van der Waals surface area contributed by atoms with Crippen LogP contribution in [-0.4, -0.2) is 42.9 Å². The Morgan fingerprint density at radius 3 is 2.80 bits per heavy atom. The number of anilines is 1. The van der Waals surface area contributed by atoms with Gasteiger partial charge < -0.3 is 10.5 Å². The summed E-state index contributed by atoms with van der Waals surface area (Å²) in [7, 11) is 0. The van der Waals surface area contributed by atoms with E-state index in [-0.39, 0.29) is 5.95 Å². The molecule has 30 heavy (non-hydrogen) atoms. The van der Waals surface area contributed by atoms with Gasteiger partial charge in [-0.1, -0.05) is 26.0 Å². The van der Waals surface area contributed by atoms with E-state index in [1.54, 1.807) is 12.1 Å². The Morgan fingerprint density at radius 2 is 2.00 bits per heavy atom. The maximum atomic E-state index is 12.6. The van der Waals surface area contributed by atoms with E-state index >= 15 is 0 Å². The summed E-state index contributed by atoms with van der Waals surface area (Å²) in [5.41, 5.74) is 9.52. The van der Waals surface area contributed by atoms with Gasteiger partial charge in [-0.3, -0.25) is 9.88 Å². The van der Waals surface area contributed by atoms with Crippen LogP contribution in [-0.2, 0) is 19.5 Å². The van der Waals surface area contributed by atoms with Crippen LogP contribution in [0.15, 0.2) is 36.5 Å². The normalized spacial score (nSPS) is 13.3. The molecule has 0 atom stereocenters. The highest BCUT2D eigenvalue weighted by Crippen LogP contribution is 2.28. The molecule has 156 valence electrons. The maximum Gasteiger partial charge on any atom is 0.228 e. The molecule has 5 rings (SSSR count). The molecule has 4 aromatic rings. The zero-order valence-electron chi connectivity index (χ0n) is 17.0. The van der Waals surface area contributed by atoms with Crippen LogP contribution in [0.4, 0.5) is 10.3 Å². The maximum absolute atomic E-state index is 12.6. The number of nitrogens with two attached hydrogens (primary N) is 1. The Hall–Kier alpha value is -3.33. The lowest BCUT2D eigenvalue weighted by atomic mass is 10.2. The summed E-state index contributed by atoms with van der Waals surface area (Å²) in [6.07, 6.45) is 2.51. The van der Waals surface area contributed by atoms with Crippen LogP contribution in [0.5, 0.6) is 5.75 Å². The summed E-state index contributed by atoms with van der Waals surface area (Å²) < 4.78 is 19.2. The van der Waals surface area contributed by atoms with Gasteiger partial charge in [0, 0.05) is 37.6 Å². The fourth-order valence-electron chi connectivity index (χ4n) is 3.63. The molecule has 0 radical (unpaired) electrons. The number of para-hydroxylation sites is 1. The number of halogens is 1. The molecule has 3 aromatic heterocycles. The molecule has 2 N–H and O–H groups in total. The van der Waals surface area contributed by atoms with Crippen LogP contribution in [0.1, 0.15) is 30.9 Å². The van der Waals surface area contributed by atoms with Gasteiger partial charge in [-0.05, 0) is 23.8 Å². The lowest BCUT2D eigenvalue weighted by Gasteiger charge is -2.12. The fourth-order valence-corrected chi connectivity index (χ4v) is 3.63. The molecular formula is C21H24FN7O. The van der Waals surface area contributed by atoms with Crippen molar-refractivity contribution in [3.8, 4) is 5.75 Å². The largest absolute Gasteiger partial charge is 0.461 e. The van der Waals surface area contributed by atoms with Crippen molar-refractivity contribution in [1.29, 1.82) is 0 Å². The number of fused-ring (bicyclic) bond motifs is 4. The minimum atomic E-state index is -0.934. The van der Waals surface area contributed by atoms with E-state index in [0.29, 0.717) is 29.2 Å². The molecule has 0 saturated heterocycles. The third-order valence-corrected chi connectivity index (χ3v) is 4.95. The highest BCUT2D eigenvalue weighted by atomic mass is 19.1. The van der Waals surface area contributed by atoms with Crippen LogP contribution in [0.3, 0.4) is 0 Å². The van der Waals surface area contributed by atoms with Gasteiger partial charge in [-0.15, -0.1) is 5.10 Å². The van der Waals surface area contributed by atoms with Crippen molar-refractivity contribution >= 4 is 22.5 Å². The predicted octanol–water partition coefficient (Wildman–Crippen LogP) is 3.15. The van der Waals surface area contributed by atoms with Gasteiger partial charge in [0.1, 0.15) is 11.3 Å². The van der Waals surface area contributed by atoms with Gasteiger partial charge >= 0.3 is 0 Å². The van der Waals surface area contributed by atoms with Gasteiger partial charge in [0.05, 0.1) is 5.69 Å². The zero-order valence-corrected chi connectivity index (χ0v) is 17.0. The summed E-state index contributed by atoms with van der Waals surface area (Å²) in [6, 6.07) is 9.35. The Balaban J connectivity index is 0.00000106.